The first-order chi connectivity index (χ1) is 8.22. The first kappa shape index (κ1) is 13.7. The van der Waals surface area contributed by atoms with Crippen molar-refractivity contribution in [2.75, 3.05) is 20.4 Å². The van der Waals surface area contributed by atoms with Crippen molar-refractivity contribution in [1.29, 1.82) is 0 Å². The van der Waals surface area contributed by atoms with Gasteiger partial charge in [-0.15, -0.1) is 0 Å². The van der Waals surface area contributed by atoms with Crippen molar-refractivity contribution in [3.63, 3.8) is 0 Å². The third kappa shape index (κ3) is 3.84. The molecule has 1 aromatic rings. The van der Waals surface area contributed by atoms with Crippen molar-refractivity contribution in [3.05, 3.63) is 42.5 Å². The zero-order valence-electron chi connectivity index (χ0n) is 9.93. The molecule has 0 saturated heterocycles. The minimum atomic E-state index is -0.653. The van der Waals surface area contributed by atoms with E-state index in [-0.39, 0.29) is 0 Å². The molecule has 0 fully saturated rings. The van der Waals surface area contributed by atoms with Crippen LogP contribution in [-0.4, -0.2) is 26.4 Å². The molecule has 0 aliphatic rings. The van der Waals surface area contributed by atoms with Crippen molar-refractivity contribution < 1.29 is 13.9 Å². The van der Waals surface area contributed by atoms with Gasteiger partial charge in [0.25, 0.3) is 0 Å². The average molecular weight is 239 g/mol. The molecule has 0 bridgehead atoms. The smallest absolute Gasteiger partial charge is 0.119 e. The Morgan fingerprint density at radius 2 is 2.06 bits per heavy atom. The third-order valence-electron chi connectivity index (χ3n) is 2.40. The summed E-state index contributed by atoms with van der Waals surface area (Å²) in [7, 11) is 1.52. The fourth-order valence-electron chi connectivity index (χ4n) is 1.55. The predicted octanol–water partition coefficient (Wildman–Crippen LogP) is 2.24. The molecule has 17 heavy (non-hydrogen) atoms. The van der Waals surface area contributed by atoms with Crippen LogP contribution in [0.25, 0.3) is 0 Å². The Morgan fingerprint density at radius 3 is 2.53 bits per heavy atom. The monoisotopic (exact) mass is 239 g/mol. The number of hydrogen-bond donors (Lipinski definition) is 1. The van der Waals surface area contributed by atoms with Crippen LogP contribution in [0.15, 0.2) is 36.9 Å². The van der Waals surface area contributed by atoms with Gasteiger partial charge in [0.2, 0.25) is 0 Å². The Balaban J connectivity index is 2.74. The van der Waals surface area contributed by atoms with Gasteiger partial charge in [-0.1, -0.05) is 24.8 Å². The van der Waals surface area contributed by atoms with Crippen LogP contribution in [-0.2, 0) is 4.74 Å². The fourth-order valence-corrected chi connectivity index (χ4v) is 1.55. The van der Waals surface area contributed by atoms with Crippen molar-refractivity contribution in [2.24, 2.45) is 5.73 Å². The lowest BCUT2D eigenvalue weighted by Crippen LogP contribution is -2.31. The normalized spacial score (nSPS) is 14.1. The second kappa shape index (κ2) is 7.04. The molecule has 0 radical (unpaired) electrons. The van der Waals surface area contributed by atoms with Gasteiger partial charge in [0.1, 0.15) is 19.0 Å². The van der Waals surface area contributed by atoms with E-state index in [1.165, 1.54) is 7.11 Å². The highest BCUT2D eigenvalue weighted by molar-refractivity contribution is 5.29. The number of methoxy groups -OCH3 is 1. The van der Waals surface area contributed by atoms with Gasteiger partial charge >= 0.3 is 0 Å². The van der Waals surface area contributed by atoms with E-state index in [1.807, 2.05) is 12.1 Å². The first-order valence-corrected chi connectivity index (χ1v) is 5.41. The van der Waals surface area contributed by atoms with Crippen molar-refractivity contribution >= 4 is 0 Å². The average Bonchev–Trinajstić information content (AvgIpc) is 2.38. The highest BCUT2D eigenvalue weighted by atomic mass is 19.1. The van der Waals surface area contributed by atoms with Gasteiger partial charge in [-0.2, -0.15) is 0 Å². The number of halogens is 1. The molecule has 2 N–H and O–H groups in total. The molecule has 0 aliphatic heterocycles. The lowest BCUT2D eigenvalue weighted by molar-refractivity contribution is 0.0720. The van der Waals surface area contributed by atoms with Gasteiger partial charge < -0.3 is 15.2 Å². The second-order valence-electron chi connectivity index (χ2n) is 3.64. The van der Waals surface area contributed by atoms with Gasteiger partial charge in [0.15, 0.2) is 0 Å². The lowest BCUT2D eigenvalue weighted by atomic mass is 10.0. The molecule has 0 aromatic heterocycles. The second-order valence-corrected chi connectivity index (χ2v) is 3.64. The Kier molecular flexibility index (Phi) is 5.66. The Labute approximate surface area is 101 Å². The number of alkyl halides is 1. The summed E-state index contributed by atoms with van der Waals surface area (Å²) in [5, 5.41) is 0. The Bertz CT molecular complexity index is 340. The largest absolute Gasteiger partial charge is 0.490 e. The van der Waals surface area contributed by atoms with Crippen LogP contribution in [0.3, 0.4) is 0 Å². The molecule has 4 heteroatoms. The van der Waals surface area contributed by atoms with Crippen LogP contribution in [0, 0.1) is 0 Å². The zero-order chi connectivity index (χ0) is 12.7. The minimum Gasteiger partial charge on any atom is -0.490 e. The van der Waals surface area contributed by atoms with Crippen LogP contribution in [0.1, 0.15) is 11.7 Å². The molecule has 0 spiro atoms. The summed E-state index contributed by atoms with van der Waals surface area (Å²) in [6.45, 7) is 3.40. The molecule has 0 saturated carbocycles. The molecule has 0 amide bonds. The van der Waals surface area contributed by atoms with E-state index in [1.54, 1.807) is 18.2 Å². The summed E-state index contributed by atoms with van der Waals surface area (Å²) >= 11 is 0. The molecule has 1 rings (SSSR count). The van der Waals surface area contributed by atoms with Crippen molar-refractivity contribution in [1.82, 2.24) is 0 Å². The van der Waals surface area contributed by atoms with Gasteiger partial charge in [0.05, 0.1) is 12.1 Å². The van der Waals surface area contributed by atoms with Gasteiger partial charge in [0, 0.05) is 7.11 Å². The summed E-state index contributed by atoms with van der Waals surface area (Å²) < 4.78 is 23.0. The van der Waals surface area contributed by atoms with Crippen LogP contribution < -0.4 is 10.5 Å². The van der Waals surface area contributed by atoms with E-state index in [0.29, 0.717) is 6.61 Å². The Hall–Kier alpha value is -1.39. The van der Waals surface area contributed by atoms with E-state index in [2.05, 4.69) is 6.58 Å². The minimum absolute atomic E-state index is 0.437. The standard InChI is InChI=1S/C13H18FNO2/c1-3-8-17-11-6-4-10(5-7-11)13(16-2)12(15)9-14/h3-7,12-13H,1,8-9,15H2,2H3. The molecule has 2 atom stereocenters. The number of nitrogens with two attached hydrogens (primary N) is 1. The molecule has 3 nitrogen and oxygen atoms in total. The maximum absolute atomic E-state index is 12.5. The Morgan fingerprint density at radius 1 is 1.41 bits per heavy atom. The van der Waals surface area contributed by atoms with Crippen LogP contribution >= 0.6 is 0 Å². The van der Waals surface area contributed by atoms with E-state index in [4.69, 9.17) is 15.2 Å². The first-order valence-electron chi connectivity index (χ1n) is 5.41. The zero-order valence-corrected chi connectivity index (χ0v) is 9.93. The molecule has 0 heterocycles. The van der Waals surface area contributed by atoms with E-state index in [9.17, 15) is 4.39 Å². The molecule has 1 aromatic carbocycles. The molecule has 2 unspecified atom stereocenters. The van der Waals surface area contributed by atoms with E-state index < -0.39 is 18.8 Å². The van der Waals surface area contributed by atoms with Crippen LogP contribution in [0.2, 0.25) is 0 Å². The number of rotatable bonds is 7. The molecule has 0 aliphatic carbocycles. The summed E-state index contributed by atoms with van der Waals surface area (Å²) in [6, 6.07) is 6.59. The SMILES string of the molecule is C=CCOc1ccc(C(OC)C(N)CF)cc1. The molecule has 94 valence electrons. The number of hydrogen-bond acceptors (Lipinski definition) is 3. The summed E-state index contributed by atoms with van der Waals surface area (Å²) in [5.41, 5.74) is 6.47. The summed E-state index contributed by atoms with van der Waals surface area (Å²) in [5.74, 6) is 0.734. The number of ether oxygens (including phenoxy) is 2. The van der Waals surface area contributed by atoms with Crippen LogP contribution in [0.5, 0.6) is 5.75 Å². The van der Waals surface area contributed by atoms with Gasteiger partial charge in [-0.3, -0.25) is 0 Å². The maximum atomic E-state index is 12.5. The van der Waals surface area contributed by atoms with Gasteiger partial charge in [-0.05, 0) is 17.7 Å². The maximum Gasteiger partial charge on any atom is 0.119 e. The molecular formula is C13H18FNO2. The van der Waals surface area contributed by atoms with Crippen LogP contribution in [0.4, 0.5) is 4.39 Å². The highest BCUT2D eigenvalue weighted by Crippen LogP contribution is 2.22. The topological polar surface area (TPSA) is 44.5 Å². The summed E-state index contributed by atoms with van der Waals surface area (Å²) in [6.07, 6.45) is 1.23. The van der Waals surface area contributed by atoms with E-state index >= 15 is 0 Å². The quantitative estimate of drug-likeness (QED) is 0.742. The molecular weight excluding hydrogens is 221 g/mol. The third-order valence-corrected chi connectivity index (χ3v) is 2.40. The lowest BCUT2D eigenvalue weighted by Gasteiger charge is -2.20. The fraction of sp³-hybridized carbons (Fsp3) is 0.385. The van der Waals surface area contributed by atoms with E-state index in [0.717, 1.165) is 11.3 Å². The van der Waals surface area contributed by atoms with Crippen molar-refractivity contribution in [3.8, 4) is 5.75 Å². The van der Waals surface area contributed by atoms with Gasteiger partial charge in [-0.25, -0.2) is 4.39 Å². The summed E-state index contributed by atoms with van der Waals surface area (Å²) in [4.78, 5) is 0. The van der Waals surface area contributed by atoms with Crippen molar-refractivity contribution in [2.45, 2.75) is 12.1 Å². The number of benzene rings is 1. The predicted molar refractivity (Wildman–Crippen MR) is 65.8 cm³/mol. The highest BCUT2D eigenvalue weighted by Gasteiger charge is 2.19.